The predicted molar refractivity (Wildman–Crippen MR) is 74.3 cm³/mol. The lowest BCUT2D eigenvalue weighted by Crippen LogP contribution is -2.42. The number of aliphatic carboxylic acids is 1. The number of benzene rings is 1. The van der Waals surface area contributed by atoms with Gasteiger partial charge in [-0.25, -0.2) is 9.78 Å². The minimum absolute atomic E-state index is 0.0461. The Labute approximate surface area is 124 Å². The highest BCUT2D eigenvalue weighted by molar-refractivity contribution is 6.30. The molecule has 0 radical (unpaired) electrons. The van der Waals surface area contributed by atoms with Crippen molar-refractivity contribution in [3.63, 3.8) is 0 Å². The van der Waals surface area contributed by atoms with Crippen molar-refractivity contribution in [2.75, 3.05) is 0 Å². The van der Waals surface area contributed by atoms with E-state index < -0.39 is 17.9 Å². The highest BCUT2D eigenvalue weighted by atomic mass is 35.5. The van der Waals surface area contributed by atoms with Crippen LogP contribution in [-0.2, 0) is 11.2 Å². The molecule has 7 nitrogen and oxygen atoms in total. The molecule has 21 heavy (non-hydrogen) atoms. The Balaban J connectivity index is 2.12. The van der Waals surface area contributed by atoms with E-state index >= 15 is 0 Å². The van der Waals surface area contributed by atoms with Crippen molar-refractivity contribution < 1.29 is 19.8 Å². The van der Waals surface area contributed by atoms with Crippen molar-refractivity contribution in [2.24, 2.45) is 0 Å². The molecule has 0 aliphatic carbocycles. The average molecular weight is 310 g/mol. The summed E-state index contributed by atoms with van der Waals surface area (Å²) in [5.41, 5.74) is 0.526. The molecule has 0 aliphatic rings. The number of aromatic nitrogens is 2. The van der Waals surface area contributed by atoms with Crippen LogP contribution in [0.1, 0.15) is 16.1 Å². The molecular weight excluding hydrogens is 298 g/mol. The second kappa shape index (κ2) is 6.27. The Morgan fingerprint density at radius 1 is 1.43 bits per heavy atom. The number of carboxylic acid groups (broad SMARTS) is 1. The number of halogens is 1. The van der Waals surface area contributed by atoms with Crippen LogP contribution in [0.4, 0.5) is 0 Å². The molecular formula is C13H12ClN3O4. The number of aromatic amines is 1. The van der Waals surface area contributed by atoms with Gasteiger partial charge < -0.3 is 20.5 Å². The number of phenols is 1. The molecule has 4 N–H and O–H groups in total. The van der Waals surface area contributed by atoms with E-state index in [1.165, 1.54) is 30.7 Å². The fourth-order valence-corrected chi connectivity index (χ4v) is 1.92. The smallest absolute Gasteiger partial charge is 0.326 e. The Hall–Kier alpha value is -2.54. The Kier molecular flexibility index (Phi) is 4.44. The Morgan fingerprint density at radius 2 is 2.19 bits per heavy atom. The van der Waals surface area contributed by atoms with Crippen LogP contribution >= 0.6 is 11.6 Å². The first-order valence-corrected chi connectivity index (χ1v) is 6.34. The molecule has 110 valence electrons. The third kappa shape index (κ3) is 3.73. The van der Waals surface area contributed by atoms with Gasteiger partial charge in [0, 0.05) is 23.3 Å². The second-order valence-electron chi connectivity index (χ2n) is 4.31. The van der Waals surface area contributed by atoms with Gasteiger partial charge in [-0.2, -0.15) is 0 Å². The predicted octanol–water partition coefficient (Wildman–Crippen LogP) is 1.19. The third-order valence-corrected chi connectivity index (χ3v) is 3.02. The lowest BCUT2D eigenvalue weighted by atomic mass is 10.1. The molecule has 2 aromatic rings. The van der Waals surface area contributed by atoms with Crippen LogP contribution in [-0.4, -0.2) is 38.1 Å². The number of carboxylic acids is 1. The quantitative estimate of drug-likeness (QED) is 0.662. The number of carbonyl (C=O) groups is 2. The van der Waals surface area contributed by atoms with Gasteiger partial charge in [-0.3, -0.25) is 4.79 Å². The van der Waals surface area contributed by atoms with Gasteiger partial charge in [-0.15, -0.1) is 0 Å². The maximum Gasteiger partial charge on any atom is 0.326 e. The van der Waals surface area contributed by atoms with Crippen molar-refractivity contribution in [2.45, 2.75) is 12.5 Å². The molecule has 0 aliphatic heterocycles. The molecule has 1 unspecified atom stereocenters. The summed E-state index contributed by atoms with van der Waals surface area (Å²) in [6.45, 7) is 0. The molecule has 1 atom stereocenters. The third-order valence-electron chi connectivity index (χ3n) is 2.79. The van der Waals surface area contributed by atoms with Crippen LogP contribution in [0.2, 0.25) is 5.02 Å². The molecule has 0 saturated heterocycles. The average Bonchev–Trinajstić information content (AvgIpc) is 2.90. The number of phenolic OH excluding ortho intramolecular Hbond substituents is 1. The summed E-state index contributed by atoms with van der Waals surface area (Å²) in [6.07, 6.45) is 2.94. The monoisotopic (exact) mass is 309 g/mol. The van der Waals surface area contributed by atoms with Crippen molar-refractivity contribution in [3.8, 4) is 5.75 Å². The fourth-order valence-electron chi connectivity index (χ4n) is 1.75. The van der Waals surface area contributed by atoms with E-state index in [4.69, 9.17) is 16.7 Å². The van der Waals surface area contributed by atoms with E-state index in [1.807, 2.05) is 0 Å². The van der Waals surface area contributed by atoms with Gasteiger partial charge in [0.1, 0.15) is 11.8 Å². The first-order valence-electron chi connectivity index (χ1n) is 5.97. The number of nitrogens with zero attached hydrogens (tertiary/aromatic N) is 1. The molecule has 1 aromatic carbocycles. The molecule has 0 spiro atoms. The molecule has 1 aromatic heterocycles. The van der Waals surface area contributed by atoms with Crippen LogP contribution < -0.4 is 5.32 Å². The van der Waals surface area contributed by atoms with Gasteiger partial charge in [-0.1, -0.05) is 11.6 Å². The number of carbonyl (C=O) groups excluding carboxylic acids is 1. The van der Waals surface area contributed by atoms with Gasteiger partial charge in [0.15, 0.2) is 0 Å². The number of nitrogens with one attached hydrogen (secondary N) is 2. The van der Waals surface area contributed by atoms with Crippen LogP contribution in [0.15, 0.2) is 30.7 Å². The molecule has 0 bridgehead atoms. The van der Waals surface area contributed by atoms with E-state index in [2.05, 4.69) is 15.3 Å². The SMILES string of the molecule is O=C(NC(Cc1cnc[nH]1)C(=O)O)c1ccc(Cl)cc1O. The van der Waals surface area contributed by atoms with Crippen molar-refractivity contribution >= 4 is 23.5 Å². The summed E-state index contributed by atoms with van der Waals surface area (Å²) in [4.78, 5) is 29.8. The van der Waals surface area contributed by atoms with Gasteiger partial charge in [0.25, 0.3) is 5.91 Å². The van der Waals surface area contributed by atoms with E-state index in [0.717, 1.165) is 0 Å². The summed E-state index contributed by atoms with van der Waals surface area (Å²) in [6, 6.07) is 2.82. The fraction of sp³-hybridized carbons (Fsp3) is 0.154. The lowest BCUT2D eigenvalue weighted by molar-refractivity contribution is -0.139. The van der Waals surface area contributed by atoms with Crippen LogP contribution in [0.5, 0.6) is 5.75 Å². The number of rotatable bonds is 5. The van der Waals surface area contributed by atoms with Crippen molar-refractivity contribution in [1.29, 1.82) is 0 Å². The van der Waals surface area contributed by atoms with Crippen LogP contribution in [0.3, 0.4) is 0 Å². The summed E-state index contributed by atoms with van der Waals surface area (Å²) in [7, 11) is 0. The van der Waals surface area contributed by atoms with Crippen LogP contribution in [0.25, 0.3) is 0 Å². The maximum absolute atomic E-state index is 12.0. The van der Waals surface area contributed by atoms with Gasteiger partial charge >= 0.3 is 5.97 Å². The Bertz CT molecular complexity index is 657. The minimum Gasteiger partial charge on any atom is -0.507 e. The van der Waals surface area contributed by atoms with E-state index in [-0.39, 0.29) is 22.8 Å². The molecule has 8 heteroatoms. The zero-order valence-corrected chi connectivity index (χ0v) is 11.5. The topological polar surface area (TPSA) is 115 Å². The summed E-state index contributed by atoms with van der Waals surface area (Å²) >= 11 is 5.68. The molecule has 1 amide bonds. The summed E-state index contributed by atoms with van der Waals surface area (Å²) < 4.78 is 0. The second-order valence-corrected chi connectivity index (χ2v) is 4.74. The largest absolute Gasteiger partial charge is 0.507 e. The summed E-state index contributed by atoms with van der Waals surface area (Å²) in [5.74, 6) is -2.20. The van der Waals surface area contributed by atoms with Gasteiger partial charge in [0.05, 0.1) is 11.9 Å². The molecule has 2 rings (SSSR count). The maximum atomic E-state index is 12.0. The van der Waals surface area contributed by atoms with E-state index in [0.29, 0.717) is 5.69 Å². The number of hydrogen-bond donors (Lipinski definition) is 4. The van der Waals surface area contributed by atoms with Gasteiger partial charge in [0.2, 0.25) is 0 Å². The zero-order valence-electron chi connectivity index (χ0n) is 10.7. The van der Waals surface area contributed by atoms with Gasteiger partial charge in [-0.05, 0) is 18.2 Å². The number of H-pyrrole nitrogens is 1. The van der Waals surface area contributed by atoms with Crippen molar-refractivity contribution in [3.05, 3.63) is 47.0 Å². The lowest BCUT2D eigenvalue weighted by Gasteiger charge is -2.14. The number of aromatic hydroxyl groups is 1. The number of hydrogen-bond acceptors (Lipinski definition) is 4. The molecule has 1 heterocycles. The van der Waals surface area contributed by atoms with E-state index in [1.54, 1.807) is 0 Å². The summed E-state index contributed by atoms with van der Waals surface area (Å²) in [5, 5.41) is 21.4. The zero-order chi connectivity index (χ0) is 15.4. The molecule has 0 saturated carbocycles. The first-order chi connectivity index (χ1) is 9.97. The number of amides is 1. The Morgan fingerprint density at radius 3 is 2.76 bits per heavy atom. The van der Waals surface area contributed by atoms with Crippen LogP contribution in [0, 0.1) is 0 Å². The minimum atomic E-state index is -1.19. The molecule has 0 fully saturated rings. The highest BCUT2D eigenvalue weighted by Gasteiger charge is 2.23. The first kappa shape index (κ1) is 14.9. The van der Waals surface area contributed by atoms with Crippen molar-refractivity contribution in [1.82, 2.24) is 15.3 Å². The normalized spacial score (nSPS) is 11.9. The van der Waals surface area contributed by atoms with E-state index in [9.17, 15) is 14.7 Å². The highest BCUT2D eigenvalue weighted by Crippen LogP contribution is 2.21. The number of imidazole rings is 1. The standard InChI is InChI=1S/C13H12ClN3O4/c14-7-1-2-9(11(18)3-7)12(19)17-10(13(20)21)4-8-5-15-6-16-8/h1-3,5-6,10,18H,4H2,(H,15,16)(H,17,19)(H,20,21).